The highest BCUT2D eigenvalue weighted by Crippen LogP contribution is 2.55. The van der Waals surface area contributed by atoms with Gasteiger partial charge in [-0.1, -0.05) is 78.5 Å². The van der Waals surface area contributed by atoms with Crippen LogP contribution in [0.15, 0.2) is 96.1 Å². The smallest absolute Gasteiger partial charge is 0.243 e. The van der Waals surface area contributed by atoms with Crippen LogP contribution in [0.3, 0.4) is 0 Å². The molecule has 28 heavy (non-hydrogen) atoms. The van der Waals surface area contributed by atoms with E-state index < -0.39 is 4.33 Å². The molecule has 1 amide bonds. The van der Waals surface area contributed by atoms with Crippen molar-refractivity contribution in [1.29, 1.82) is 0 Å². The van der Waals surface area contributed by atoms with Crippen molar-refractivity contribution < 1.29 is 4.79 Å². The lowest BCUT2D eigenvalue weighted by molar-refractivity contribution is -0.115. The van der Waals surface area contributed by atoms with Gasteiger partial charge in [-0.25, -0.2) is 5.01 Å². The number of thioether (sulfide) groups is 2. The second kappa shape index (κ2) is 7.04. The summed E-state index contributed by atoms with van der Waals surface area (Å²) < 4.78 is -0.676. The maximum Gasteiger partial charge on any atom is 0.243 e. The molecule has 4 nitrogen and oxygen atoms in total. The quantitative estimate of drug-likeness (QED) is 0.617. The predicted octanol–water partition coefficient (Wildman–Crippen LogP) is 4.99. The van der Waals surface area contributed by atoms with E-state index in [-0.39, 0.29) is 5.91 Å². The number of rotatable bonds is 3. The van der Waals surface area contributed by atoms with E-state index in [1.54, 1.807) is 23.5 Å². The third-order valence-corrected chi connectivity index (χ3v) is 7.50. The van der Waals surface area contributed by atoms with Crippen molar-refractivity contribution in [1.82, 2.24) is 0 Å². The fourth-order valence-corrected chi connectivity index (χ4v) is 6.24. The minimum Gasteiger partial charge on any atom is -0.273 e. The van der Waals surface area contributed by atoms with Crippen LogP contribution in [0, 0.1) is 0 Å². The number of carbonyl (C=O) groups excluding carboxylic acids is 1. The minimum absolute atomic E-state index is 0.0918. The van der Waals surface area contributed by atoms with E-state index >= 15 is 0 Å². The third-order valence-electron chi connectivity index (χ3n) is 4.64. The second-order valence-electron chi connectivity index (χ2n) is 6.42. The second-order valence-corrected chi connectivity index (χ2v) is 8.99. The van der Waals surface area contributed by atoms with Gasteiger partial charge in [0.05, 0.1) is 11.4 Å². The number of para-hydroxylation sites is 2. The molecule has 2 aliphatic heterocycles. The van der Waals surface area contributed by atoms with Gasteiger partial charge in [-0.3, -0.25) is 9.69 Å². The van der Waals surface area contributed by atoms with Crippen LogP contribution in [-0.2, 0) is 4.79 Å². The molecular weight excluding hydrogens is 386 g/mol. The van der Waals surface area contributed by atoms with E-state index in [0.717, 1.165) is 22.0 Å². The molecule has 2 heterocycles. The van der Waals surface area contributed by atoms with Crippen molar-refractivity contribution in [2.45, 2.75) is 4.33 Å². The summed E-state index contributed by atoms with van der Waals surface area (Å²) in [5.74, 6) is 0.511. The summed E-state index contributed by atoms with van der Waals surface area (Å²) in [4.78, 5) is 14.9. The van der Waals surface area contributed by atoms with E-state index in [1.807, 2.05) is 88.8 Å². The molecule has 0 N–H and O–H groups in total. The number of hydrazone groups is 1. The predicted molar refractivity (Wildman–Crippen MR) is 119 cm³/mol. The van der Waals surface area contributed by atoms with Crippen molar-refractivity contribution in [3.8, 4) is 0 Å². The van der Waals surface area contributed by atoms with Crippen molar-refractivity contribution in [3.05, 3.63) is 96.6 Å². The Kier molecular flexibility index (Phi) is 4.37. The van der Waals surface area contributed by atoms with Crippen LogP contribution in [-0.4, -0.2) is 21.0 Å². The lowest BCUT2D eigenvalue weighted by Crippen LogP contribution is -2.51. The minimum atomic E-state index is -0.676. The zero-order chi connectivity index (χ0) is 19.0. The molecule has 1 atom stereocenters. The van der Waals surface area contributed by atoms with Crippen LogP contribution in [0.1, 0.15) is 5.56 Å². The Labute approximate surface area is 172 Å². The highest BCUT2D eigenvalue weighted by Gasteiger charge is 2.57. The molecule has 3 aromatic carbocycles. The Hall–Kier alpha value is -2.70. The molecule has 0 bridgehead atoms. The normalized spacial score (nSPS) is 21.4. The first-order valence-corrected chi connectivity index (χ1v) is 10.8. The van der Waals surface area contributed by atoms with Gasteiger partial charge in [-0.15, -0.1) is 0 Å². The molecule has 5 rings (SSSR count). The molecule has 0 radical (unpaired) electrons. The fourth-order valence-electron chi connectivity index (χ4n) is 3.39. The Morgan fingerprint density at radius 3 is 2.00 bits per heavy atom. The molecular formula is C22H17N3OS2. The first kappa shape index (κ1) is 17.4. The van der Waals surface area contributed by atoms with E-state index in [1.165, 1.54) is 0 Å². The van der Waals surface area contributed by atoms with Gasteiger partial charge in [0.2, 0.25) is 10.2 Å². The monoisotopic (exact) mass is 403 g/mol. The zero-order valence-electron chi connectivity index (χ0n) is 14.9. The zero-order valence-corrected chi connectivity index (χ0v) is 16.6. The molecule has 1 unspecified atom stereocenters. The van der Waals surface area contributed by atoms with Gasteiger partial charge in [0, 0.05) is 11.3 Å². The first-order chi connectivity index (χ1) is 13.8. The average molecular weight is 404 g/mol. The van der Waals surface area contributed by atoms with Gasteiger partial charge in [0.15, 0.2) is 0 Å². The van der Waals surface area contributed by atoms with Crippen LogP contribution >= 0.6 is 23.5 Å². The lowest BCUT2D eigenvalue weighted by atomic mass is 10.2. The lowest BCUT2D eigenvalue weighted by Gasteiger charge is -2.39. The Balaban J connectivity index is 1.65. The van der Waals surface area contributed by atoms with Crippen LogP contribution in [0.25, 0.3) is 0 Å². The molecule has 6 heteroatoms. The highest BCUT2D eigenvalue weighted by molar-refractivity contribution is 8.27. The number of hydrogen-bond acceptors (Lipinski definition) is 5. The van der Waals surface area contributed by atoms with E-state index in [4.69, 9.17) is 5.10 Å². The maximum atomic E-state index is 13.0. The summed E-state index contributed by atoms with van der Waals surface area (Å²) in [7, 11) is 0. The Bertz CT molecular complexity index is 1030. The number of hydrogen-bond donors (Lipinski definition) is 0. The standard InChI is InChI=1S/C22H17N3OS2/c26-20-16-27-22(24(20)18-12-6-2-7-13-18)25(19-14-8-3-9-15-19)23-21(28-22)17-10-4-1-5-11-17/h1-15H,16H2. The Morgan fingerprint density at radius 2 is 1.36 bits per heavy atom. The summed E-state index contributed by atoms with van der Waals surface area (Å²) in [6.45, 7) is 0. The van der Waals surface area contributed by atoms with Gasteiger partial charge < -0.3 is 0 Å². The van der Waals surface area contributed by atoms with Crippen molar-refractivity contribution in [2.24, 2.45) is 5.10 Å². The van der Waals surface area contributed by atoms with Crippen molar-refractivity contribution in [3.63, 3.8) is 0 Å². The van der Waals surface area contributed by atoms with E-state index in [2.05, 4.69) is 12.1 Å². The summed E-state index contributed by atoms with van der Waals surface area (Å²) in [5.41, 5.74) is 2.90. The third kappa shape index (κ3) is 2.80. The molecule has 3 aromatic rings. The number of amides is 1. The van der Waals surface area contributed by atoms with Gasteiger partial charge in [0.1, 0.15) is 5.04 Å². The van der Waals surface area contributed by atoms with E-state index in [9.17, 15) is 4.79 Å². The summed E-state index contributed by atoms with van der Waals surface area (Å²) in [6, 6.07) is 30.0. The van der Waals surface area contributed by atoms with Gasteiger partial charge in [-0.05, 0) is 36.0 Å². The first-order valence-electron chi connectivity index (χ1n) is 8.98. The molecule has 0 aliphatic carbocycles. The average Bonchev–Trinajstić information content (AvgIpc) is 3.30. The SMILES string of the molecule is O=C1CSC2(SC(c3ccccc3)=NN2c2ccccc2)N1c1ccccc1. The Morgan fingerprint density at radius 1 is 0.786 bits per heavy atom. The van der Waals surface area contributed by atoms with Crippen LogP contribution < -0.4 is 9.91 Å². The number of nitrogens with zero attached hydrogens (tertiary/aromatic N) is 3. The van der Waals surface area contributed by atoms with E-state index in [0.29, 0.717) is 5.75 Å². The van der Waals surface area contributed by atoms with Crippen LogP contribution in [0.2, 0.25) is 0 Å². The van der Waals surface area contributed by atoms with Crippen molar-refractivity contribution >= 4 is 45.8 Å². The topological polar surface area (TPSA) is 35.9 Å². The fraction of sp³-hybridized carbons (Fsp3) is 0.0909. The number of anilines is 2. The van der Waals surface area contributed by atoms with Crippen LogP contribution in [0.4, 0.5) is 11.4 Å². The molecule has 1 saturated heterocycles. The van der Waals surface area contributed by atoms with Crippen LogP contribution in [0.5, 0.6) is 0 Å². The number of carbonyl (C=O) groups is 1. The van der Waals surface area contributed by atoms with Gasteiger partial charge in [-0.2, -0.15) is 5.10 Å². The summed E-state index contributed by atoms with van der Waals surface area (Å²) >= 11 is 3.24. The van der Waals surface area contributed by atoms with Gasteiger partial charge in [0.25, 0.3) is 0 Å². The largest absolute Gasteiger partial charge is 0.273 e. The molecule has 0 saturated carbocycles. The number of benzene rings is 3. The summed E-state index contributed by atoms with van der Waals surface area (Å²) in [6.07, 6.45) is 0. The molecule has 1 spiro atoms. The summed E-state index contributed by atoms with van der Waals surface area (Å²) in [5, 5.41) is 7.87. The molecule has 2 aliphatic rings. The molecule has 0 aromatic heterocycles. The van der Waals surface area contributed by atoms with Crippen molar-refractivity contribution in [2.75, 3.05) is 15.7 Å². The maximum absolute atomic E-state index is 13.0. The highest BCUT2D eigenvalue weighted by atomic mass is 32.2. The van der Waals surface area contributed by atoms with Gasteiger partial charge >= 0.3 is 0 Å². The molecule has 138 valence electrons. The molecule has 1 fully saturated rings.